The van der Waals surface area contributed by atoms with Gasteiger partial charge in [0.05, 0.1) is 0 Å². The van der Waals surface area contributed by atoms with E-state index in [2.05, 4.69) is 12.2 Å². The van der Waals surface area contributed by atoms with Crippen LogP contribution in [-0.4, -0.2) is 19.0 Å². The first-order valence-corrected chi connectivity index (χ1v) is 6.73. The van der Waals surface area contributed by atoms with Crippen molar-refractivity contribution in [3.05, 3.63) is 35.4 Å². The highest BCUT2D eigenvalue weighted by molar-refractivity contribution is 5.95. The van der Waals surface area contributed by atoms with Crippen LogP contribution in [0.25, 0.3) is 0 Å². The molecule has 0 aliphatic heterocycles. The summed E-state index contributed by atoms with van der Waals surface area (Å²) >= 11 is 0. The highest BCUT2D eigenvalue weighted by Crippen LogP contribution is 2.10. The van der Waals surface area contributed by atoms with Gasteiger partial charge in [0.15, 0.2) is 0 Å². The average Bonchev–Trinajstić information content (AvgIpc) is 2.36. The fraction of sp³-hybridized carbons (Fsp3) is 0.533. The Kier molecular flexibility index (Phi) is 6.44. The minimum absolute atomic E-state index is 0.0197. The van der Waals surface area contributed by atoms with E-state index in [-0.39, 0.29) is 5.91 Å². The molecule has 3 N–H and O–H groups in total. The second kappa shape index (κ2) is 7.88. The molecule has 1 atom stereocenters. The number of rotatable bonds is 7. The van der Waals surface area contributed by atoms with Crippen LogP contribution in [0, 0.1) is 12.8 Å². The molecule has 0 bridgehead atoms. The van der Waals surface area contributed by atoms with Crippen molar-refractivity contribution in [1.29, 1.82) is 0 Å². The second-order valence-electron chi connectivity index (χ2n) is 4.76. The zero-order chi connectivity index (χ0) is 13.4. The number of carbonyl (C=O) groups is 1. The standard InChI is InChI=1S/C15H24N2O/c1-3-6-13(9-10-16)11-17-15(18)14-8-5-4-7-12(14)2/h4-5,7-8,13H,3,6,9-11,16H2,1-2H3,(H,17,18). The Morgan fingerprint density at radius 1 is 1.33 bits per heavy atom. The van der Waals surface area contributed by atoms with E-state index in [4.69, 9.17) is 5.73 Å². The van der Waals surface area contributed by atoms with Gasteiger partial charge in [-0.3, -0.25) is 4.79 Å². The van der Waals surface area contributed by atoms with Gasteiger partial charge in [-0.2, -0.15) is 0 Å². The van der Waals surface area contributed by atoms with Crippen molar-refractivity contribution in [3.8, 4) is 0 Å². The van der Waals surface area contributed by atoms with Crippen LogP contribution < -0.4 is 11.1 Å². The molecule has 1 aromatic carbocycles. The number of benzene rings is 1. The van der Waals surface area contributed by atoms with Crippen LogP contribution in [0.15, 0.2) is 24.3 Å². The first-order valence-electron chi connectivity index (χ1n) is 6.73. The maximum atomic E-state index is 12.0. The van der Waals surface area contributed by atoms with Crippen LogP contribution in [0.4, 0.5) is 0 Å². The number of amides is 1. The number of nitrogens with two attached hydrogens (primary N) is 1. The molecule has 0 fully saturated rings. The third kappa shape index (κ3) is 4.49. The predicted molar refractivity (Wildman–Crippen MR) is 75.6 cm³/mol. The Morgan fingerprint density at radius 3 is 2.67 bits per heavy atom. The molecule has 18 heavy (non-hydrogen) atoms. The fourth-order valence-corrected chi connectivity index (χ4v) is 2.15. The van der Waals surface area contributed by atoms with E-state index >= 15 is 0 Å². The lowest BCUT2D eigenvalue weighted by Crippen LogP contribution is -2.30. The maximum Gasteiger partial charge on any atom is 0.251 e. The Labute approximate surface area is 110 Å². The van der Waals surface area contributed by atoms with E-state index in [1.54, 1.807) is 0 Å². The van der Waals surface area contributed by atoms with E-state index in [1.165, 1.54) is 0 Å². The van der Waals surface area contributed by atoms with E-state index < -0.39 is 0 Å². The quantitative estimate of drug-likeness (QED) is 0.779. The number of hydrogen-bond acceptors (Lipinski definition) is 2. The highest BCUT2D eigenvalue weighted by Gasteiger charge is 2.11. The van der Waals surface area contributed by atoms with Gasteiger partial charge in [0.25, 0.3) is 5.91 Å². The number of hydrogen-bond donors (Lipinski definition) is 2. The van der Waals surface area contributed by atoms with Crippen molar-refractivity contribution >= 4 is 5.91 Å². The Balaban J connectivity index is 2.52. The molecule has 0 aliphatic rings. The SMILES string of the molecule is CCCC(CCN)CNC(=O)c1ccccc1C. The molecular formula is C15H24N2O. The van der Waals surface area contributed by atoms with Crippen LogP contribution in [0.2, 0.25) is 0 Å². The van der Waals surface area contributed by atoms with Crippen molar-refractivity contribution < 1.29 is 4.79 Å². The molecule has 1 unspecified atom stereocenters. The van der Waals surface area contributed by atoms with Crippen molar-refractivity contribution in [1.82, 2.24) is 5.32 Å². The average molecular weight is 248 g/mol. The van der Waals surface area contributed by atoms with E-state index in [1.807, 2.05) is 31.2 Å². The second-order valence-corrected chi connectivity index (χ2v) is 4.76. The van der Waals surface area contributed by atoms with Crippen LogP contribution in [0.1, 0.15) is 42.1 Å². The van der Waals surface area contributed by atoms with Gasteiger partial charge in [0.1, 0.15) is 0 Å². The molecule has 0 aromatic heterocycles. The van der Waals surface area contributed by atoms with Gasteiger partial charge < -0.3 is 11.1 Å². The Bertz CT molecular complexity index is 371. The van der Waals surface area contributed by atoms with Crippen LogP contribution in [-0.2, 0) is 0 Å². The smallest absolute Gasteiger partial charge is 0.251 e. The molecule has 0 aliphatic carbocycles. The van der Waals surface area contributed by atoms with Crippen molar-refractivity contribution in [2.45, 2.75) is 33.1 Å². The molecule has 3 heteroatoms. The zero-order valence-electron chi connectivity index (χ0n) is 11.4. The molecule has 0 saturated carbocycles. The lowest BCUT2D eigenvalue weighted by atomic mass is 9.99. The molecule has 1 amide bonds. The molecule has 0 radical (unpaired) electrons. The van der Waals surface area contributed by atoms with E-state index in [9.17, 15) is 4.79 Å². The lowest BCUT2D eigenvalue weighted by Gasteiger charge is -2.16. The van der Waals surface area contributed by atoms with Gasteiger partial charge in [-0.1, -0.05) is 31.5 Å². The number of nitrogens with one attached hydrogen (secondary N) is 1. The van der Waals surface area contributed by atoms with Crippen LogP contribution >= 0.6 is 0 Å². The van der Waals surface area contributed by atoms with Crippen molar-refractivity contribution in [3.63, 3.8) is 0 Å². The van der Waals surface area contributed by atoms with Gasteiger partial charge in [-0.05, 0) is 43.9 Å². The molecule has 0 spiro atoms. The third-order valence-electron chi connectivity index (χ3n) is 3.21. The van der Waals surface area contributed by atoms with E-state index in [0.717, 1.165) is 36.9 Å². The molecular weight excluding hydrogens is 224 g/mol. The van der Waals surface area contributed by atoms with Gasteiger partial charge in [0.2, 0.25) is 0 Å². The molecule has 1 aromatic rings. The van der Waals surface area contributed by atoms with Crippen molar-refractivity contribution in [2.75, 3.05) is 13.1 Å². The van der Waals surface area contributed by atoms with Gasteiger partial charge in [-0.25, -0.2) is 0 Å². The maximum absolute atomic E-state index is 12.0. The van der Waals surface area contributed by atoms with Gasteiger partial charge in [0, 0.05) is 12.1 Å². The summed E-state index contributed by atoms with van der Waals surface area (Å²) in [6.07, 6.45) is 3.22. The molecule has 100 valence electrons. The summed E-state index contributed by atoms with van der Waals surface area (Å²) in [6, 6.07) is 7.66. The zero-order valence-corrected chi connectivity index (χ0v) is 11.4. The summed E-state index contributed by atoms with van der Waals surface area (Å²) in [6.45, 7) is 5.52. The summed E-state index contributed by atoms with van der Waals surface area (Å²) in [5.74, 6) is 0.513. The third-order valence-corrected chi connectivity index (χ3v) is 3.21. The summed E-state index contributed by atoms with van der Waals surface area (Å²) in [5, 5.41) is 3.02. The first-order chi connectivity index (χ1) is 8.69. The molecule has 0 heterocycles. The number of carbonyl (C=O) groups excluding carboxylic acids is 1. The minimum atomic E-state index is 0.0197. The summed E-state index contributed by atoms with van der Waals surface area (Å²) in [7, 11) is 0. The number of aryl methyl sites for hydroxylation is 1. The minimum Gasteiger partial charge on any atom is -0.352 e. The van der Waals surface area contributed by atoms with Gasteiger partial charge in [-0.15, -0.1) is 0 Å². The Hall–Kier alpha value is -1.35. The summed E-state index contributed by atoms with van der Waals surface area (Å²) < 4.78 is 0. The Morgan fingerprint density at radius 2 is 2.06 bits per heavy atom. The monoisotopic (exact) mass is 248 g/mol. The molecule has 0 saturated heterocycles. The lowest BCUT2D eigenvalue weighted by molar-refractivity contribution is 0.0945. The summed E-state index contributed by atoms with van der Waals surface area (Å²) in [4.78, 5) is 12.0. The predicted octanol–water partition coefficient (Wildman–Crippen LogP) is 2.49. The molecule has 3 nitrogen and oxygen atoms in total. The normalized spacial score (nSPS) is 12.2. The summed E-state index contributed by atoms with van der Waals surface area (Å²) in [5.41, 5.74) is 7.37. The topological polar surface area (TPSA) is 55.1 Å². The van der Waals surface area contributed by atoms with Gasteiger partial charge >= 0.3 is 0 Å². The fourth-order valence-electron chi connectivity index (χ4n) is 2.15. The van der Waals surface area contributed by atoms with Crippen LogP contribution in [0.3, 0.4) is 0 Å². The molecule has 1 rings (SSSR count). The van der Waals surface area contributed by atoms with Crippen molar-refractivity contribution in [2.24, 2.45) is 11.7 Å². The highest BCUT2D eigenvalue weighted by atomic mass is 16.1. The van der Waals surface area contributed by atoms with E-state index in [0.29, 0.717) is 12.5 Å². The largest absolute Gasteiger partial charge is 0.352 e. The first kappa shape index (κ1) is 14.7. The van der Waals surface area contributed by atoms with Crippen LogP contribution in [0.5, 0.6) is 0 Å².